The maximum Gasteiger partial charge on any atom is 0.200 e. The van der Waals surface area contributed by atoms with Gasteiger partial charge in [0.25, 0.3) is 0 Å². The molecular weight excluding hydrogens is 422 g/mol. The molecule has 1 aliphatic rings. The van der Waals surface area contributed by atoms with Crippen LogP contribution >= 0.6 is 11.3 Å². The number of methoxy groups -OCH3 is 1. The molecule has 0 N–H and O–H groups in total. The lowest BCUT2D eigenvalue weighted by molar-refractivity contribution is 0.121. The minimum Gasteiger partial charge on any atom is -0.496 e. The maximum absolute atomic E-state index is 13.0. The van der Waals surface area contributed by atoms with Crippen LogP contribution in [0.4, 0.5) is 5.88 Å². The van der Waals surface area contributed by atoms with Crippen molar-refractivity contribution in [2.75, 3.05) is 38.3 Å². The van der Waals surface area contributed by atoms with E-state index in [1.165, 1.54) is 10.1 Å². The van der Waals surface area contributed by atoms with E-state index in [2.05, 4.69) is 29.2 Å². The first-order valence-electron chi connectivity index (χ1n) is 10.6. The van der Waals surface area contributed by atoms with Crippen molar-refractivity contribution in [2.24, 2.45) is 0 Å². The van der Waals surface area contributed by atoms with Gasteiger partial charge in [-0.1, -0.05) is 30.3 Å². The van der Waals surface area contributed by atoms with Crippen molar-refractivity contribution in [3.05, 3.63) is 70.9 Å². The Hall–Kier alpha value is -3.35. The van der Waals surface area contributed by atoms with Crippen molar-refractivity contribution < 1.29 is 13.9 Å². The number of nitrogens with zero attached hydrogens (tertiary/aromatic N) is 1. The molecule has 5 nitrogen and oxygen atoms in total. The van der Waals surface area contributed by atoms with Gasteiger partial charge < -0.3 is 18.8 Å². The van der Waals surface area contributed by atoms with Crippen LogP contribution in [0.25, 0.3) is 42.3 Å². The SMILES string of the molecule is COc1ccc(-c2cccc3c(=O)cc(N4CCOCC4)oc23)c2sc3ccccc3c12. The van der Waals surface area contributed by atoms with E-state index < -0.39 is 0 Å². The van der Waals surface area contributed by atoms with E-state index in [0.717, 1.165) is 27.0 Å². The first kappa shape index (κ1) is 19.3. The number of ether oxygens (including phenoxy) is 2. The number of hydrogen-bond donors (Lipinski definition) is 0. The summed E-state index contributed by atoms with van der Waals surface area (Å²) in [7, 11) is 1.70. The quantitative estimate of drug-likeness (QED) is 0.359. The van der Waals surface area contributed by atoms with Crippen molar-refractivity contribution in [1.29, 1.82) is 0 Å². The molecule has 0 radical (unpaired) electrons. The van der Waals surface area contributed by atoms with Crippen LogP contribution in [-0.2, 0) is 4.74 Å². The van der Waals surface area contributed by atoms with E-state index in [0.29, 0.717) is 43.2 Å². The number of hydrogen-bond acceptors (Lipinski definition) is 6. The predicted molar refractivity (Wildman–Crippen MR) is 130 cm³/mol. The largest absolute Gasteiger partial charge is 0.496 e. The van der Waals surface area contributed by atoms with Gasteiger partial charge >= 0.3 is 0 Å². The van der Waals surface area contributed by atoms with E-state index in [1.807, 2.05) is 30.3 Å². The summed E-state index contributed by atoms with van der Waals surface area (Å²) >= 11 is 1.73. The molecule has 1 saturated heterocycles. The summed E-state index contributed by atoms with van der Waals surface area (Å²) < 4.78 is 19.9. The van der Waals surface area contributed by atoms with Crippen LogP contribution in [0.5, 0.6) is 5.75 Å². The average molecular weight is 444 g/mol. The Morgan fingerprint density at radius 2 is 1.75 bits per heavy atom. The number of rotatable bonds is 3. The Kier molecular flexibility index (Phi) is 4.63. The number of morpholine rings is 1. The van der Waals surface area contributed by atoms with Gasteiger partial charge in [-0.3, -0.25) is 4.79 Å². The summed E-state index contributed by atoms with van der Waals surface area (Å²) in [6, 6.07) is 19.8. The number of benzene rings is 3. The normalized spacial score (nSPS) is 14.5. The fourth-order valence-electron chi connectivity index (χ4n) is 4.50. The Morgan fingerprint density at radius 3 is 2.59 bits per heavy atom. The first-order valence-corrected chi connectivity index (χ1v) is 11.4. The van der Waals surface area contributed by atoms with Gasteiger partial charge in [-0.25, -0.2) is 0 Å². The molecule has 6 heteroatoms. The van der Waals surface area contributed by atoms with Gasteiger partial charge in [0, 0.05) is 50.5 Å². The van der Waals surface area contributed by atoms with Gasteiger partial charge in [0.05, 0.1) is 25.7 Å². The average Bonchev–Trinajstić information content (AvgIpc) is 3.24. The summed E-state index contributed by atoms with van der Waals surface area (Å²) in [5.41, 5.74) is 2.53. The molecule has 1 fully saturated rings. The van der Waals surface area contributed by atoms with Crippen LogP contribution in [0.3, 0.4) is 0 Å². The number of anilines is 1. The minimum atomic E-state index is -0.0318. The molecule has 0 atom stereocenters. The monoisotopic (exact) mass is 443 g/mol. The second kappa shape index (κ2) is 7.65. The molecule has 6 rings (SSSR count). The predicted octanol–water partition coefficient (Wildman–Crippen LogP) is 5.67. The molecule has 0 amide bonds. The van der Waals surface area contributed by atoms with E-state index in [4.69, 9.17) is 13.9 Å². The van der Waals surface area contributed by atoms with Crippen LogP contribution in [0.2, 0.25) is 0 Å². The molecule has 0 bridgehead atoms. The lowest BCUT2D eigenvalue weighted by Crippen LogP contribution is -2.36. The highest BCUT2D eigenvalue weighted by molar-refractivity contribution is 7.26. The molecule has 0 spiro atoms. The molecular formula is C26H21NO4S. The summed E-state index contributed by atoms with van der Waals surface area (Å²) in [5.74, 6) is 1.44. The van der Waals surface area contributed by atoms with Crippen molar-refractivity contribution in [3.63, 3.8) is 0 Å². The van der Waals surface area contributed by atoms with Crippen molar-refractivity contribution in [3.8, 4) is 16.9 Å². The zero-order valence-electron chi connectivity index (χ0n) is 17.6. The highest BCUT2D eigenvalue weighted by atomic mass is 32.1. The Bertz CT molecular complexity index is 1530. The second-order valence-corrected chi connectivity index (χ2v) is 8.90. The fourth-order valence-corrected chi connectivity index (χ4v) is 5.74. The Morgan fingerprint density at radius 1 is 0.938 bits per heavy atom. The summed E-state index contributed by atoms with van der Waals surface area (Å²) in [4.78, 5) is 15.1. The molecule has 5 aromatic rings. The number of thiophene rings is 1. The first-order chi connectivity index (χ1) is 15.7. The van der Waals surface area contributed by atoms with E-state index in [1.54, 1.807) is 24.5 Å². The highest BCUT2D eigenvalue weighted by Crippen LogP contribution is 2.45. The Labute approximate surface area is 188 Å². The van der Waals surface area contributed by atoms with Gasteiger partial charge in [0.2, 0.25) is 0 Å². The van der Waals surface area contributed by atoms with Gasteiger partial charge in [-0.05, 0) is 24.3 Å². The van der Waals surface area contributed by atoms with E-state index in [9.17, 15) is 4.79 Å². The van der Waals surface area contributed by atoms with Crippen LogP contribution < -0.4 is 15.1 Å². The smallest absolute Gasteiger partial charge is 0.200 e. The molecule has 160 valence electrons. The summed E-state index contributed by atoms with van der Waals surface area (Å²) in [6.07, 6.45) is 0. The van der Waals surface area contributed by atoms with Crippen molar-refractivity contribution in [1.82, 2.24) is 0 Å². The summed E-state index contributed by atoms with van der Waals surface area (Å²) in [6.45, 7) is 2.67. The van der Waals surface area contributed by atoms with Crippen LogP contribution in [0, 0.1) is 0 Å². The van der Waals surface area contributed by atoms with Crippen LogP contribution in [0.1, 0.15) is 0 Å². The molecule has 0 aliphatic carbocycles. The van der Waals surface area contributed by atoms with Crippen LogP contribution in [0.15, 0.2) is 69.9 Å². The molecule has 32 heavy (non-hydrogen) atoms. The number of para-hydroxylation sites is 1. The lowest BCUT2D eigenvalue weighted by Gasteiger charge is -2.27. The Balaban J connectivity index is 1.65. The summed E-state index contributed by atoms with van der Waals surface area (Å²) in [5, 5.41) is 2.85. The van der Waals surface area contributed by atoms with E-state index in [-0.39, 0.29) is 5.43 Å². The lowest BCUT2D eigenvalue weighted by atomic mass is 10.00. The second-order valence-electron chi connectivity index (χ2n) is 7.85. The van der Waals surface area contributed by atoms with Gasteiger partial charge in [0.1, 0.15) is 11.3 Å². The minimum absolute atomic E-state index is 0.0318. The van der Waals surface area contributed by atoms with Crippen molar-refractivity contribution in [2.45, 2.75) is 0 Å². The van der Waals surface area contributed by atoms with Gasteiger partial charge in [0.15, 0.2) is 11.3 Å². The zero-order chi connectivity index (χ0) is 21.7. The topological polar surface area (TPSA) is 51.9 Å². The third-order valence-corrected chi connectivity index (χ3v) is 7.27. The third kappa shape index (κ3) is 2.98. The third-order valence-electron chi connectivity index (χ3n) is 6.06. The van der Waals surface area contributed by atoms with E-state index >= 15 is 0 Å². The molecule has 0 unspecified atom stereocenters. The van der Waals surface area contributed by atoms with Gasteiger partial charge in [-0.2, -0.15) is 0 Å². The molecule has 2 aromatic heterocycles. The molecule has 0 saturated carbocycles. The number of fused-ring (bicyclic) bond motifs is 4. The highest BCUT2D eigenvalue weighted by Gasteiger charge is 2.20. The zero-order valence-corrected chi connectivity index (χ0v) is 18.4. The standard InChI is InChI=1S/C26H21NO4S/c1-29-21-10-9-17(26-24(21)19-5-2-3-8-22(19)32-26)16-6-4-7-18-20(28)15-23(31-25(16)18)27-11-13-30-14-12-27/h2-10,15H,11-14H2,1H3. The molecule has 3 aromatic carbocycles. The van der Waals surface area contributed by atoms with Crippen LogP contribution in [-0.4, -0.2) is 33.4 Å². The molecule has 1 aliphatic heterocycles. The van der Waals surface area contributed by atoms with Gasteiger partial charge in [-0.15, -0.1) is 11.3 Å². The maximum atomic E-state index is 13.0. The van der Waals surface area contributed by atoms with Crippen molar-refractivity contribution >= 4 is 48.4 Å². The molecule has 3 heterocycles. The fraction of sp³-hybridized carbons (Fsp3) is 0.192.